The lowest BCUT2D eigenvalue weighted by Crippen LogP contribution is -2.22. The Kier molecular flexibility index (Phi) is 4.02. The summed E-state index contributed by atoms with van der Waals surface area (Å²) in [7, 11) is 0. The summed E-state index contributed by atoms with van der Waals surface area (Å²) in [5.41, 5.74) is 0.0796. The van der Waals surface area contributed by atoms with Crippen molar-refractivity contribution in [2.75, 3.05) is 5.32 Å². The third-order valence-electron chi connectivity index (χ3n) is 2.59. The number of benzene rings is 1. The Labute approximate surface area is 117 Å². The molecular weight excluding hydrogens is 285 g/mol. The Balaban J connectivity index is 2.12. The number of carbonyl (C=O) groups is 2. The predicted molar refractivity (Wildman–Crippen MR) is 69.0 cm³/mol. The maximum absolute atomic E-state index is 12.2. The van der Waals surface area contributed by atoms with Crippen LogP contribution in [0.1, 0.15) is 20.7 Å². The number of pyridine rings is 1. The molecule has 0 saturated heterocycles. The van der Waals surface area contributed by atoms with Gasteiger partial charge in [0.25, 0.3) is 11.7 Å². The lowest BCUT2D eigenvalue weighted by molar-refractivity contribution is -0.0885. The number of hydrogen-bond acceptors (Lipinski definition) is 3. The van der Waals surface area contributed by atoms with Gasteiger partial charge in [-0.2, -0.15) is 13.2 Å². The minimum atomic E-state index is -4.93. The quantitative estimate of drug-likeness (QED) is 0.885. The summed E-state index contributed by atoms with van der Waals surface area (Å²) < 4.78 is 36.7. The molecule has 1 N–H and O–H groups in total. The van der Waals surface area contributed by atoms with Crippen molar-refractivity contribution in [1.29, 1.82) is 0 Å². The molecule has 0 spiro atoms. The summed E-state index contributed by atoms with van der Waals surface area (Å²) in [6.45, 7) is 0. The molecular formula is C14H9F3N2O2. The summed E-state index contributed by atoms with van der Waals surface area (Å²) in [4.78, 5) is 26.7. The highest BCUT2D eigenvalue weighted by molar-refractivity contribution is 6.05. The Hall–Kier alpha value is -2.70. The van der Waals surface area contributed by atoms with Crippen molar-refractivity contribution >= 4 is 17.4 Å². The van der Waals surface area contributed by atoms with Crippen molar-refractivity contribution in [2.24, 2.45) is 0 Å². The molecule has 7 heteroatoms. The maximum Gasteiger partial charge on any atom is 0.454 e. The molecule has 1 heterocycles. The van der Waals surface area contributed by atoms with Gasteiger partial charge in [-0.25, -0.2) is 0 Å². The molecule has 0 atom stereocenters. The first kappa shape index (κ1) is 14.7. The Bertz CT molecular complexity index is 652. The number of hydrogen-bond donors (Lipinski definition) is 1. The molecule has 0 fully saturated rings. The van der Waals surface area contributed by atoms with Crippen LogP contribution in [0.4, 0.5) is 18.9 Å². The van der Waals surface area contributed by atoms with E-state index in [1.54, 1.807) is 12.1 Å². The fraction of sp³-hybridized carbons (Fsp3) is 0.0714. The number of Topliss-reactive ketones (excluding diaryl/α,β-unsaturated/α-hetero) is 1. The van der Waals surface area contributed by atoms with Crippen LogP contribution < -0.4 is 5.32 Å². The predicted octanol–water partition coefficient (Wildman–Crippen LogP) is 3.08. The van der Waals surface area contributed by atoms with E-state index in [0.29, 0.717) is 5.69 Å². The number of anilines is 1. The van der Waals surface area contributed by atoms with Crippen LogP contribution in [0.5, 0.6) is 0 Å². The molecule has 1 aromatic heterocycles. The molecule has 2 rings (SSSR count). The Morgan fingerprint density at radius 1 is 1.00 bits per heavy atom. The molecule has 2 aromatic rings. The van der Waals surface area contributed by atoms with E-state index < -0.39 is 23.4 Å². The number of ketones is 1. The van der Waals surface area contributed by atoms with Crippen LogP contribution in [0.15, 0.2) is 48.8 Å². The summed E-state index contributed by atoms with van der Waals surface area (Å²) in [5, 5.41) is 2.53. The standard InChI is InChI=1S/C14H9F3N2O2/c15-14(16,17)12(20)9-3-5-10(6-4-9)13(21)19-11-2-1-7-18-8-11/h1-8H,(H,19,21). The summed E-state index contributed by atoms with van der Waals surface area (Å²) >= 11 is 0. The van der Waals surface area contributed by atoms with E-state index in [-0.39, 0.29) is 5.56 Å². The largest absolute Gasteiger partial charge is 0.454 e. The van der Waals surface area contributed by atoms with Gasteiger partial charge in [0, 0.05) is 17.3 Å². The van der Waals surface area contributed by atoms with Gasteiger partial charge in [-0.05, 0) is 24.3 Å². The Morgan fingerprint density at radius 2 is 1.62 bits per heavy atom. The zero-order chi connectivity index (χ0) is 15.5. The number of aromatic nitrogens is 1. The number of halogens is 3. The lowest BCUT2D eigenvalue weighted by Gasteiger charge is -2.07. The van der Waals surface area contributed by atoms with Crippen LogP contribution >= 0.6 is 0 Å². The maximum atomic E-state index is 12.2. The fourth-order valence-electron chi connectivity index (χ4n) is 1.58. The van der Waals surface area contributed by atoms with Gasteiger partial charge in [-0.3, -0.25) is 14.6 Å². The number of nitrogens with one attached hydrogen (secondary N) is 1. The van der Waals surface area contributed by atoms with Crippen LogP contribution in [0.3, 0.4) is 0 Å². The number of carbonyl (C=O) groups excluding carboxylic acids is 2. The second kappa shape index (κ2) is 5.74. The molecule has 21 heavy (non-hydrogen) atoms. The van der Waals surface area contributed by atoms with E-state index in [4.69, 9.17) is 0 Å². The monoisotopic (exact) mass is 294 g/mol. The third-order valence-corrected chi connectivity index (χ3v) is 2.59. The highest BCUT2D eigenvalue weighted by Crippen LogP contribution is 2.21. The second-order valence-electron chi connectivity index (χ2n) is 4.10. The SMILES string of the molecule is O=C(Nc1cccnc1)c1ccc(C(=O)C(F)(F)F)cc1. The Morgan fingerprint density at radius 3 is 2.14 bits per heavy atom. The normalized spacial score (nSPS) is 11.0. The van der Waals surface area contributed by atoms with Gasteiger partial charge in [-0.1, -0.05) is 12.1 Å². The van der Waals surface area contributed by atoms with E-state index >= 15 is 0 Å². The highest BCUT2D eigenvalue weighted by Gasteiger charge is 2.39. The number of nitrogens with zero attached hydrogens (tertiary/aromatic N) is 1. The number of amides is 1. The van der Waals surface area contributed by atoms with Gasteiger partial charge in [0.15, 0.2) is 0 Å². The smallest absolute Gasteiger partial charge is 0.321 e. The molecule has 0 aliphatic heterocycles. The minimum Gasteiger partial charge on any atom is -0.321 e. The topological polar surface area (TPSA) is 59.1 Å². The fourth-order valence-corrected chi connectivity index (χ4v) is 1.58. The van der Waals surface area contributed by atoms with Crippen LogP contribution in [0, 0.1) is 0 Å². The molecule has 4 nitrogen and oxygen atoms in total. The summed E-state index contributed by atoms with van der Waals surface area (Å²) in [6, 6.07) is 7.49. The number of alkyl halides is 3. The van der Waals surface area contributed by atoms with Crippen molar-refractivity contribution in [2.45, 2.75) is 6.18 Å². The van der Waals surface area contributed by atoms with E-state index in [1.807, 2.05) is 0 Å². The van der Waals surface area contributed by atoms with Crippen molar-refractivity contribution in [3.8, 4) is 0 Å². The molecule has 0 aliphatic carbocycles. The first-order chi connectivity index (χ1) is 9.88. The molecule has 0 unspecified atom stereocenters. The zero-order valence-electron chi connectivity index (χ0n) is 10.5. The first-order valence-corrected chi connectivity index (χ1v) is 5.81. The van der Waals surface area contributed by atoms with E-state index in [0.717, 1.165) is 24.3 Å². The van der Waals surface area contributed by atoms with Crippen molar-refractivity contribution < 1.29 is 22.8 Å². The van der Waals surface area contributed by atoms with Gasteiger partial charge in [-0.15, -0.1) is 0 Å². The average Bonchev–Trinajstić information content (AvgIpc) is 2.46. The van der Waals surface area contributed by atoms with E-state index in [9.17, 15) is 22.8 Å². The third kappa shape index (κ3) is 3.65. The van der Waals surface area contributed by atoms with Crippen molar-refractivity contribution in [3.05, 3.63) is 59.9 Å². The van der Waals surface area contributed by atoms with E-state index in [1.165, 1.54) is 12.4 Å². The van der Waals surface area contributed by atoms with Gasteiger partial charge < -0.3 is 5.32 Å². The van der Waals surface area contributed by atoms with Gasteiger partial charge in [0.2, 0.25) is 0 Å². The van der Waals surface area contributed by atoms with Crippen LogP contribution in [0.2, 0.25) is 0 Å². The molecule has 0 bridgehead atoms. The van der Waals surface area contributed by atoms with Crippen LogP contribution in [-0.2, 0) is 0 Å². The first-order valence-electron chi connectivity index (χ1n) is 5.81. The molecule has 108 valence electrons. The molecule has 1 amide bonds. The molecule has 1 aromatic carbocycles. The van der Waals surface area contributed by atoms with Crippen LogP contribution in [-0.4, -0.2) is 22.9 Å². The van der Waals surface area contributed by atoms with Crippen molar-refractivity contribution in [1.82, 2.24) is 4.98 Å². The molecule has 0 aliphatic rings. The minimum absolute atomic E-state index is 0.137. The average molecular weight is 294 g/mol. The molecule has 0 radical (unpaired) electrons. The number of rotatable bonds is 3. The van der Waals surface area contributed by atoms with Gasteiger partial charge in [0.05, 0.1) is 11.9 Å². The van der Waals surface area contributed by atoms with Gasteiger partial charge >= 0.3 is 6.18 Å². The van der Waals surface area contributed by atoms with E-state index in [2.05, 4.69) is 10.3 Å². The lowest BCUT2D eigenvalue weighted by atomic mass is 10.1. The van der Waals surface area contributed by atoms with Gasteiger partial charge in [0.1, 0.15) is 0 Å². The zero-order valence-corrected chi connectivity index (χ0v) is 10.5. The molecule has 0 saturated carbocycles. The van der Waals surface area contributed by atoms with Crippen molar-refractivity contribution in [3.63, 3.8) is 0 Å². The van der Waals surface area contributed by atoms with Crippen LogP contribution in [0.25, 0.3) is 0 Å². The summed E-state index contributed by atoms with van der Waals surface area (Å²) in [5.74, 6) is -2.45. The summed E-state index contributed by atoms with van der Waals surface area (Å²) in [6.07, 6.45) is -1.97. The second-order valence-corrected chi connectivity index (χ2v) is 4.10. The highest BCUT2D eigenvalue weighted by atomic mass is 19.4.